The summed E-state index contributed by atoms with van der Waals surface area (Å²) in [6.07, 6.45) is 2.03. The highest BCUT2D eigenvalue weighted by molar-refractivity contribution is 7.80. The summed E-state index contributed by atoms with van der Waals surface area (Å²) in [4.78, 5) is 5.27. The van der Waals surface area contributed by atoms with Crippen molar-refractivity contribution in [1.29, 1.82) is 0 Å². The molecular weight excluding hydrogens is 206 g/mol. The zero-order valence-corrected chi connectivity index (χ0v) is 11.3. The van der Waals surface area contributed by atoms with Crippen LogP contribution in [0.3, 0.4) is 0 Å². The van der Waals surface area contributed by atoms with Crippen molar-refractivity contribution in [2.24, 2.45) is 5.73 Å². The molecule has 0 aromatic rings. The number of hydrogen-bond acceptors (Lipinski definition) is 3. The van der Waals surface area contributed by atoms with Crippen molar-refractivity contribution < 1.29 is 0 Å². The number of nitrogens with zero attached hydrogens (tertiary/aromatic N) is 2. The van der Waals surface area contributed by atoms with Gasteiger partial charge in [0.2, 0.25) is 0 Å². The van der Waals surface area contributed by atoms with Crippen LogP contribution in [0.4, 0.5) is 0 Å². The fourth-order valence-electron chi connectivity index (χ4n) is 1.47. The van der Waals surface area contributed by atoms with E-state index in [0.717, 1.165) is 26.1 Å². The van der Waals surface area contributed by atoms with Crippen molar-refractivity contribution in [1.82, 2.24) is 9.80 Å². The second kappa shape index (κ2) is 8.02. The molecule has 0 amide bonds. The summed E-state index contributed by atoms with van der Waals surface area (Å²) >= 11 is 4.90. The minimum atomic E-state index is 0.571. The van der Waals surface area contributed by atoms with Gasteiger partial charge in [-0.15, -0.1) is 0 Å². The largest absolute Gasteiger partial charge is 0.393 e. The molecule has 0 aliphatic heterocycles. The molecule has 90 valence electrons. The third-order valence-electron chi connectivity index (χ3n) is 2.43. The molecule has 3 nitrogen and oxygen atoms in total. The molecule has 0 aromatic heterocycles. The highest BCUT2D eigenvalue weighted by atomic mass is 32.1. The lowest BCUT2D eigenvalue weighted by molar-refractivity contribution is 0.215. The van der Waals surface area contributed by atoms with Gasteiger partial charge in [-0.1, -0.05) is 12.2 Å². The van der Waals surface area contributed by atoms with E-state index in [1.54, 1.807) is 0 Å². The summed E-state index contributed by atoms with van der Waals surface area (Å²) < 4.78 is 0. The van der Waals surface area contributed by atoms with Gasteiger partial charge < -0.3 is 15.5 Å². The molecule has 0 aliphatic rings. The third-order valence-corrected chi connectivity index (χ3v) is 2.63. The summed E-state index contributed by atoms with van der Waals surface area (Å²) in [7, 11) is 4.21. The van der Waals surface area contributed by atoms with Gasteiger partial charge in [-0.3, -0.25) is 0 Å². The molecule has 0 saturated heterocycles. The van der Waals surface area contributed by atoms with E-state index in [0.29, 0.717) is 11.0 Å². The summed E-state index contributed by atoms with van der Waals surface area (Å²) in [5.74, 6) is 0. The van der Waals surface area contributed by atoms with Crippen molar-refractivity contribution in [3.8, 4) is 0 Å². The highest BCUT2D eigenvalue weighted by Crippen LogP contribution is 2.01. The second-order valence-corrected chi connectivity index (χ2v) is 5.03. The standard InChI is InChI=1S/C11H25N3S/c1-10(2)14(9-6-11(12)15)8-5-7-13(3)4/h10H,5-9H2,1-4H3,(H2,12,15). The molecule has 0 heterocycles. The molecule has 0 fully saturated rings. The molecule has 0 spiro atoms. The van der Waals surface area contributed by atoms with Gasteiger partial charge >= 0.3 is 0 Å². The van der Waals surface area contributed by atoms with Crippen LogP contribution in [0.25, 0.3) is 0 Å². The van der Waals surface area contributed by atoms with Crippen LogP contribution in [-0.2, 0) is 0 Å². The summed E-state index contributed by atoms with van der Waals surface area (Å²) in [6, 6.07) is 0.571. The Bertz CT molecular complexity index is 181. The average Bonchev–Trinajstić information content (AvgIpc) is 2.09. The summed E-state index contributed by atoms with van der Waals surface area (Å²) in [5.41, 5.74) is 5.51. The molecule has 0 unspecified atom stereocenters. The van der Waals surface area contributed by atoms with E-state index in [4.69, 9.17) is 18.0 Å². The van der Waals surface area contributed by atoms with E-state index in [1.165, 1.54) is 6.42 Å². The lowest BCUT2D eigenvalue weighted by Crippen LogP contribution is -2.35. The van der Waals surface area contributed by atoms with Gasteiger partial charge in [-0.05, 0) is 47.5 Å². The van der Waals surface area contributed by atoms with Crippen LogP contribution >= 0.6 is 12.2 Å². The Morgan fingerprint density at radius 2 is 1.80 bits per heavy atom. The third kappa shape index (κ3) is 8.78. The van der Waals surface area contributed by atoms with Crippen molar-refractivity contribution in [2.45, 2.75) is 32.7 Å². The van der Waals surface area contributed by atoms with Gasteiger partial charge in [0.15, 0.2) is 0 Å². The van der Waals surface area contributed by atoms with Crippen LogP contribution in [0.2, 0.25) is 0 Å². The average molecular weight is 231 g/mol. The van der Waals surface area contributed by atoms with Crippen LogP contribution < -0.4 is 5.73 Å². The van der Waals surface area contributed by atoms with Gasteiger partial charge in [0.1, 0.15) is 0 Å². The zero-order chi connectivity index (χ0) is 11.8. The topological polar surface area (TPSA) is 32.5 Å². The normalized spacial score (nSPS) is 11.7. The minimum Gasteiger partial charge on any atom is -0.393 e. The number of nitrogens with two attached hydrogens (primary N) is 1. The van der Waals surface area contributed by atoms with Crippen molar-refractivity contribution in [3.63, 3.8) is 0 Å². The molecular formula is C11H25N3S. The van der Waals surface area contributed by atoms with E-state index >= 15 is 0 Å². The first kappa shape index (κ1) is 14.8. The van der Waals surface area contributed by atoms with Crippen molar-refractivity contribution in [3.05, 3.63) is 0 Å². The fraction of sp³-hybridized carbons (Fsp3) is 0.909. The zero-order valence-electron chi connectivity index (χ0n) is 10.5. The van der Waals surface area contributed by atoms with Crippen LogP contribution in [0.1, 0.15) is 26.7 Å². The molecule has 0 atom stereocenters. The van der Waals surface area contributed by atoms with E-state index in [-0.39, 0.29) is 0 Å². The molecule has 0 rings (SSSR count). The molecule has 0 bridgehead atoms. The van der Waals surface area contributed by atoms with Crippen LogP contribution in [0, 0.1) is 0 Å². The Morgan fingerprint density at radius 3 is 2.20 bits per heavy atom. The summed E-state index contributed by atoms with van der Waals surface area (Å²) in [5, 5.41) is 0. The molecule has 0 saturated carbocycles. The SMILES string of the molecule is CC(C)N(CCCN(C)C)CCC(N)=S. The summed E-state index contributed by atoms with van der Waals surface area (Å²) in [6.45, 7) is 7.68. The van der Waals surface area contributed by atoms with Gasteiger partial charge in [0.25, 0.3) is 0 Å². The first-order valence-electron chi connectivity index (χ1n) is 5.60. The predicted octanol–water partition coefficient (Wildman–Crippen LogP) is 1.32. The van der Waals surface area contributed by atoms with Gasteiger partial charge in [0, 0.05) is 19.0 Å². The first-order chi connectivity index (χ1) is 6.93. The monoisotopic (exact) mass is 231 g/mol. The molecule has 2 N–H and O–H groups in total. The maximum atomic E-state index is 5.51. The van der Waals surface area contributed by atoms with Gasteiger partial charge in [0.05, 0.1) is 4.99 Å². The minimum absolute atomic E-state index is 0.571. The molecule has 15 heavy (non-hydrogen) atoms. The van der Waals surface area contributed by atoms with Gasteiger partial charge in [-0.2, -0.15) is 0 Å². The Kier molecular flexibility index (Phi) is 7.92. The number of thiocarbonyl (C=S) groups is 1. The maximum Gasteiger partial charge on any atom is 0.0740 e. The fourth-order valence-corrected chi connectivity index (χ4v) is 1.56. The Hall–Kier alpha value is -0.190. The maximum absolute atomic E-state index is 5.51. The second-order valence-electron chi connectivity index (χ2n) is 4.50. The van der Waals surface area contributed by atoms with E-state index < -0.39 is 0 Å². The van der Waals surface area contributed by atoms with E-state index in [1.807, 2.05) is 0 Å². The quantitative estimate of drug-likeness (QED) is 0.639. The molecule has 0 radical (unpaired) electrons. The lowest BCUT2D eigenvalue weighted by Gasteiger charge is -2.26. The van der Waals surface area contributed by atoms with Crippen molar-refractivity contribution >= 4 is 17.2 Å². The molecule has 0 aliphatic carbocycles. The predicted molar refractivity (Wildman–Crippen MR) is 71.3 cm³/mol. The van der Waals surface area contributed by atoms with Crippen LogP contribution in [0.15, 0.2) is 0 Å². The van der Waals surface area contributed by atoms with Crippen LogP contribution in [0.5, 0.6) is 0 Å². The van der Waals surface area contributed by atoms with Crippen molar-refractivity contribution in [2.75, 3.05) is 33.7 Å². The lowest BCUT2D eigenvalue weighted by atomic mass is 10.2. The van der Waals surface area contributed by atoms with E-state index in [9.17, 15) is 0 Å². The highest BCUT2D eigenvalue weighted by Gasteiger charge is 2.09. The van der Waals surface area contributed by atoms with E-state index in [2.05, 4.69) is 37.7 Å². The first-order valence-corrected chi connectivity index (χ1v) is 6.01. The van der Waals surface area contributed by atoms with Crippen LogP contribution in [-0.4, -0.2) is 54.6 Å². The number of hydrogen-bond donors (Lipinski definition) is 1. The Labute approximate surface area is 99.6 Å². The molecule has 4 heteroatoms. The molecule has 0 aromatic carbocycles. The number of rotatable bonds is 8. The smallest absolute Gasteiger partial charge is 0.0740 e. The Balaban J connectivity index is 3.78. The Morgan fingerprint density at radius 1 is 1.20 bits per heavy atom. The van der Waals surface area contributed by atoms with Gasteiger partial charge in [-0.25, -0.2) is 0 Å².